The SMILES string of the molecule is c1ccc(-c2ccc(-c3ccc4c5ccccc5c5ccc(-c6ccc(-c7ccccn7)cn6)cc5c4c3)nc2)nc1. The van der Waals surface area contributed by atoms with Gasteiger partial charge in [0.1, 0.15) is 0 Å². The fourth-order valence-corrected chi connectivity index (χ4v) is 5.77. The number of fused-ring (bicyclic) bond motifs is 6. The molecular weight excluding hydrogens is 512 g/mol. The number of pyridine rings is 4. The van der Waals surface area contributed by atoms with Crippen molar-refractivity contribution in [3.05, 3.63) is 146 Å². The van der Waals surface area contributed by atoms with Crippen LogP contribution in [0.4, 0.5) is 0 Å². The first kappa shape index (κ1) is 24.1. The van der Waals surface area contributed by atoms with Gasteiger partial charge in [-0.2, -0.15) is 0 Å². The molecule has 0 atom stereocenters. The maximum atomic E-state index is 4.82. The van der Waals surface area contributed by atoms with E-state index in [4.69, 9.17) is 9.97 Å². The largest absolute Gasteiger partial charge is 0.256 e. The highest BCUT2D eigenvalue weighted by molar-refractivity contribution is 6.26. The molecule has 4 heteroatoms. The highest BCUT2D eigenvalue weighted by Gasteiger charge is 2.12. The van der Waals surface area contributed by atoms with Crippen molar-refractivity contribution in [3.63, 3.8) is 0 Å². The van der Waals surface area contributed by atoms with Crippen molar-refractivity contribution in [1.82, 2.24) is 19.9 Å². The molecule has 0 fully saturated rings. The van der Waals surface area contributed by atoms with Gasteiger partial charge in [0.05, 0.1) is 22.8 Å². The second kappa shape index (κ2) is 10.0. The van der Waals surface area contributed by atoms with Gasteiger partial charge in [0, 0.05) is 47.0 Å². The number of nitrogens with zero attached hydrogens (tertiary/aromatic N) is 4. The fraction of sp³-hybridized carbons (Fsp3) is 0. The molecule has 0 aliphatic rings. The summed E-state index contributed by atoms with van der Waals surface area (Å²) in [5.41, 5.74) is 7.86. The van der Waals surface area contributed by atoms with Crippen LogP contribution in [0.1, 0.15) is 0 Å². The maximum absolute atomic E-state index is 4.82. The summed E-state index contributed by atoms with van der Waals surface area (Å²) in [4.78, 5) is 18.6. The quantitative estimate of drug-likeness (QED) is 0.210. The molecule has 196 valence electrons. The van der Waals surface area contributed by atoms with Crippen molar-refractivity contribution in [1.29, 1.82) is 0 Å². The van der Waals surface area contributed by atoms with Gasteiger partial charge in [0.25, 0.3) is 0 Å². The Labute approximate surface area is 243 Å². The first-order valence-corrected chi connectivity index (χ1v) is 14.0. The topological polar surface area (TPSA) is 51.6 Å². The van der Waals surface area contributed by atoms with Crippen molar-refractivity contribution in [2.75, 3.05) is 0 Å². The van der Waals surface area contributed by atoms with Crippen LogP contribution in [0, 0.1) is 0 Å². The highest BCUT2D eigenvalue weighted by Crippen LogP contribution is 2.38. The van der Waals surface area contributed by atoms with Crippen molar-refractivity contribution in [3.8, 4) is 45.0 Å². The Kier molecular flexibility index (Phi) is 5.75. The number of benzene rings is 4. The van der Waals surface area contributed by atoms with E-state index in [2.05, 4.69) is 94.9 Å². The molecule has 0 aliphatic carbocycles. The van der Waals surface area contributed by atoms with Gasteiger partial charge in [-0.05, 0) is 93.0 Å². The standard InChI is InChI=1S/C38H24N4/c1-2-8-30-29(7-1)31-15-11-25(37-17-13-27(23-41-37)35-9-3-5-19-39-35)21-33(31)34-22-26(12-16-32(30)34)38-18-14-28(24-42-38)36-10-4-6-20-40-36/h1-24H. The molecule has 4 aromatic heterocycles. The molecule has 0 aliphatic heterocycles. The smallest absolute Gasteiger partial charge is 0.0717 e. The van der Waals surface area contributed by atoms with Crippen LogP contribution >= 0.6 is 0 Å². The number of rotatable bonds is 4. The summed E-state index contributed by atoms with van der Waals surface area (Å²) in [5.74, 6) is 0. The minimum Gasteiger partial charge on any atom is -0.256 e. The Balaban J connectivity index is 1.27. The van der Waals surface area contributed by atoms with E-state index in [9.17, 15) is 0 Å². The lowest BCUT2D eigenvalue weighted by Crippen LogP contribution is -1.90. The molecule has 0 bridgehead atoms. The van der Waals surface area contributed by atoms with E-state index >= 15 is 0 Å². The second-order valence-electron chi connectivity index (χ2n) is 10.4. The molecule has 0 radical (unpaired) electrons. The van der Waals surface area contributed by atoms with Crippen LogP contribution in [0.15, 0.2) is 146 Å². The normalized spacial score (nSPS) is 11.3. The van der Waals surface area contributed by atoms with Crippen LogP contribution in [0.2, 0.25) is 0 Å². The highest BCUT2D eigenvalue weighted by atomic mass is 14.7. The summed E-state index contributed by atoms with van der Waals surface area (Å²) in [6.45, 7) is 0. The molecule has 4 heterocycles. The maximum Gasteiger partial charge on any atom is 0.0717 e. The zero-order valence-electron chi connectivity index (χ0n) is 22.6. The summed E-state index contributed by atoms with van der Waals surface area (Å²) in [5, 5.41) is 7.34. The Hall–Kier alpha value is -5.74. The van der Waals surface area contributed by atoms with Gasteiger partial charge in [0.2, 0.25) is 0 Å². The van der Waals surface area contributed by atoms with Crippen molar-refractivity contribution in [2.45, 2.75) is 0 Å². The molecule has 0 unspecified atom stereocenters. The summed E-state index contributed by atoms with van der Waals surface area (Å²) in [6, 6.07) is 42.2. The molecule has 42 heavy (non-hydrogen) atoms. The van der Waals surface area contributed by atoms with Crippen molar-refractivity contribution < 1.29 is 0 Å². The van der Waals surface area contributed by atoms with Crippen LogP contribution in [0.3, 0.4) is 0 Å². The van der Waals surface area contributed by atoms with E-state index in [0.29, 0.717) is 0 Å². The summed E-state index contributed by atoms with van der Waals surface area (Å²) >= 11 is 0. The molecule has 0 saturated carbocycles. The van der Waals surface area contributed by atoms with E-state index in [1.807, 2.05) is 48.8 Å². The Morgan fingerprint density at radius 2 is 0.690 bits per heavy atom. The number of aromatic nitrogens is 4. The molecule has 4 aromatic carbocycles. The van der Waals surface area contributed by atoms with Gasteiger partial charge < -0.3 is 0 Å². The Morgan fingerprint density at radius 1 is 0.286 bits per heavy atom. The Bertz CT molecular complexity index is 2050. The van der Waals surface area contributed by atoms with E-state index in [0.717, 1.165) is 45.0 Å². The van der Waals surface area contributed by atoms with E-state index < -0.39 is 0 Å². The van der Waals surface area contributed by atoms with Crippen LogP contribution in [0.5, 0.6) is 0 Å². The van der Waals surface area contributed by atoms with Gasteiger partial charge >= 0.3 is 0 Å². The number of hydrogen-bond acceptors (Lipinski definition) is 4. The lowest BCUT2D eigenvalue weighted by atomic mass is 9.91. The average molecular weight is 537 g/mol. The van der Waals surface area contributed by atoms with Crippen LogP contribution in [-0.4, -0.2) is 19.9 Å². The third kappa shape index (κ3) is 4.18. The predicted octanol–water partition coefficient (Wildman–Crippen LogP) is 9.39. The summed E-state index contributed by atoms with van der Waals surface area (Å²) < 4.78 is 0. The first-order chi connectivity index (χ1) is 20.8. The third-order valence-electron chi connectivity index (χ3n) is 7.88. The van der Waals surface area contributed by atoms with Crippen LogP contribution in [-0.2, 0) is 0 Å². The molecule has 0 N–H and O–H groups in total. The van der Waals surface area contributed by atoms with E-state index in [1.165, 1.54) is 32.3 Å². The Morgan fingerprint density at radius 3 is 1.10 bits per heavy atom. The minimum atomic E-state index is 0.918. The van der Waals surface area contributed by atoms with Gasteiger partial charge in [-0.15, -0.1) is 0 Å². The van der Waals surface area contributed by atoms with Gasteiger partial charge in [-0.3, -0.25) is 19.9 Å². The molecule has 4 nitrogen and oxygen atoms in total. The molecule has 8 rings (SSSR count). The summed E-state index contributed by atoms with van der Waals surface area (Å²) in [6.07, 6.45) is 7.42. The first-order valence-electron chi connectivity index (χ1n) is 14.0. The molecule has 0 amide bonds. The molecule has 0 saturated heterocycles. The fourth-order valence-electron chi connectivity index (χ4n) is 5.77. The average Bonchev–Trinajstić information content (AvgIpc) is 3.09. The van der Waals surface area contributed by atoms with Crippen molar-refractivity contribution in [2.24, 2.45) is 0 Å². The molecular formula is C38H24N4. The lowest BCUT2D eigenvalue weighted by molar-refractivity contribution is 1.28. The van der Waals surface area contributed by atoms with Crippen LogP contribution in [0.25, 0.3) is 77.3 Å². The van der Waals surface area contributed by atoms with Gasteiger partial charge in [-0.1, -0.05) is 60.7 Å². The minimum absolute atomic E-state index is 0.918. The third-order valence-corrected chi connectivity index (χ3v) is 7.88. The lowest BCUT2D eigenvalue weighted by Gasteiger charge is -2.13. The molecule has 0 spiro atoms. The van der Waals surface area contributed by atoms with Crippen molar-refractivity contribution >= 4 is 32.3 Å². The van der Waals surface area contributed by atoms with Gasteiger partial charge in [-0.25, -0.2) is 0 Å². The zero-order chi connectivity index (χ0) is 27.9. The monoisotopic (exact) mass is 536 g/mol. The number of hydrogen-bond donors (Lipinski definition) is 0. The van der Waals surface area contributed by atoms with Crippen LogP contribution < -0.4 is 0 Å². The predicted molar refractivity (Wildman–Crippen MR) is 172 cm³/mol. The molecule has 8 aromatic rings. The van der Waals surface area contributed by atoms with E-state index in [1.54, 1.807) is 12.4 Å². The zero-order valence-corrected chi connectivity index (χ0v) is 22.6. The summed E-state index contributed by atoms with van der Waals surface area (Å²) in [7, 11) is 0. The van der Waals surface area contributed by atoms with E-state index in [-0.39, 0.29) is 0 Å². The van der Waals surface area contributed by atoms with Gasteiger partial charge in [0.15, 0.2) is 0 Å². The second-order valence-corrected chi connectivity index (χ2v) is 10.4.